The first-order chi connectivity index (χ1) is 9.96. The SMILES string of the molecule is COc1cccc(Cc2nnc(SCCS(C)(=O)=O)o2)c1. The minimum absolute atomic E-state index is 0.0886. The van der Waals surface area contributed by atoms with Gasteiger partial charge in [-0.05, 0) is 17.7 Å². The molecule has 0 aliphatic carbocycles. The standard InChI is InChI=1S/C13H16N2O4S2/c1-18-11-5-3-4-10(8-11)9-12-14-15-13(19-12)20-6-7-21(2,16)17/h3-5,8H,6-7,9H2,1-2H3. The molecule has 8 heteroatoms. The maximum absolute atomic E-state index is 11.0. The Morgan fingerprint density at radius 3 is 2.86 bits per heavy atom. The van der Waals surface area contributed by atoms with Crippen LogP contribution < -0.4 is 4.74 Å². The van der Waals surface area contributed by atoms with Crippen LogP contribution in [0.1, 0.15) is 11.5 Å². The molecule has 0 fully saturated rings. The van der Waals surface area contributed by atoms with Crippen molar-refractivity contribution in [2.45, 2.75) is 11.6 Å². The molecule has 0 amide bonds. The van der Waals surface area contributed by atoms with Gasteiger partial charge in [0.15, 0.2) is 0 Å². The minimum atomic E-state index is -2.97. The molecule has 2 aromatic rings. The Morgan fingerprint density at radius 2 is 2.14 bits per heavy atom. The average Bonchev–Trinajstić information content (AvgIpc) is 2.85. The quantitative estimate of drug-likeness (QED) is 0.717. The monoisotopic (exact) mass is 328 g/mol. The lowest BCUT2D eigenvalue weighted by atomic mass is 10.1. The van der Waals surface area contributed by atoms with Gasteiger partial charge in [0, 0.05) is 12.0 Å². The fourth-order valence-corrected chi connectivity index (χ4v) is 3.58. The predicted octanol–water partition coefficient (Wildman–Crippen LogP) is 1.81. The topological polar surface area (TPSA) is 82.3 Å². The van der Waals surface area contributed by atoms with Gasteiger partial charge in [0.2, 0.25) is 5.89 Å². The number of nitrogens with zero attached hydrogens (tertiary/aromatic N) is 2. The molecule has 1 aromatic heterocycles. The van der Waals surface area contributed by atoms with Crippen LogP contribution in [-0.4, -0.2) is 43.5 Å². The second-order valence-corrected chi connectivity index (χ2v) is 7.77. The first kappa shape index (κ1) is 15.8. The van der Waals surface area contributed by atoms with E-state index in [2.05, 4.69) is 10.2 Å². The van der Waals surface area contributed by atoms with Crippen molar-refractivity contribution in [2.75, 3.05) is 24.9 Å². The molecule has 6 nitrogen and oxygen atoms in total. The van der Waals surface area contributed by atoms with Crippen LogP contribution in [0.3, 0.4) is 0 Å². The van der Waals surface area contributed by atoms with Crippen LogP contribution in [0.15, 0.2) is 33.9 Å². The molecule has 0 N–H and O–H groups in total. The molecule has 0 bridgehead atoms. The third-order valence-electron chi connectivity index (χ3n) is 2.62. The van der Waals surface area contributed by atoms with E-state index in [9.17, 15) is 8.42 Å². The molecule has 0 atom stereocenters. The average molecular weight is 328 g/mol. The summed E-state index contributed by atoms with van der Waals surface area (Å²) in [7, 11) is -1.35. The van der Waals surface area contributed by atoms with Crippen LogP contribution >= 0.6 is 11.8 Å². The van der Waals surface area contributed by atoms with Gasteiger partial charge in [-0.3, -0.25) is 0 Å². The number of thioether (sulfide) groups is 1. The van der Waals surface area contributed by atoms with Crippen molar-refractivity contribution < 1.29 is 17.6 Å². The van der Waals surface area contributed by atoms with E-state index >= 15 is 0 Å². The van der Waals surface area contributed by atoms with Gasteiger partial charge in [-0.1, -0.05) is 23.9 Å². The molecule has 1 heterocycles. The van der Waals surface area contributed by atoms with Gasteiger partial charge in [-0.2, -0.15) is 0 Å². The summed E-state index contributed by atoms with van der Waals surface area (Å²) >= 11 is 1.24. The highest BCUT2D eigenvalue weighted by atomic mass is 32.2. The fourth-order valence-electron chi connectivity index (χ4n) is 1.61. The molecule has 0 saturated carbocycles. The van der Waals surface area contributed by atoms with E-state index in [4.69, 9.17) is 9.15 Å². The lowest BCUT2D eigenvalue weighted by Gasteiger charge is -2.01. The first-order valence-electron chi connectivity index (χ1n) is 6.22. The van der Waals surface area contributed by atoms with Crippen LogP contribution in [0.25, 0.3) is 0 Å². The normalized spacial score (nSPS) is 11.5. The summed E-state index contributed by atoms with van der Waals surface area (Å²) in [5, 5.41) is 8.23. The molecule has 2 rings (SSSR count). The minimum Gasteiger partial charge on any atom is -0.497 e. The Bertz CT molecular complexity index is 698. The molecule has 0 spiro atoms. The maximum Gasteiger partial charge on any atom is 0.276 e. The zero-order valence-electron chi connectivity index (χ0n) is 11.8. The van der Waals surface area contributed by atoms with Crippen LogP contribution in [0.2, 0.25) is 0 Å². The summed E-state index contributed by atoms with van der Waals surface area (Å²) < 4.78 is 32.7. The predicted molar refractivity (Wildman–Crippen MR) is 80.5 cm³/mol. The highest BCUT2D eigenvalue weighted by Gasteiger charge is 2.10. The molecular formula is C13H16N2O4S2. The number of sulfone groups is 1. The molecule has 0 aliphatic heterocycles. The van der Waals surface area contributed by atoms with Crippen LogP contribution in [0.5, 0.6) is 5.75 Å². The van der Waals surface area contributed by atoms with E-state index in [0.717, 1.165) is 11.3 Å². The van der Waals surface area contributed by atoms with Gasteiger partial charge >= 0.3 is 0 Å². The van der Waals surface area contributed by atoms with Crippen LogP contribution in [0.4, 0.5) is 0 Å². The summed E-state index contributed by atoms with van der Waals surface area (Å²) in [5.74, 6) is 1.75. The summed E-state index contributed by atoms with van der Waals surface area (Å²) in [6.45, 7) is 0. The number of rotatable bonds is 7. The summed E-state index contributed by atoms with van der Waals surface area (Å²) in [6.07, 6.45) is 1.71. The Morgan fingerprint density at radius 1 is 1.33 bits per heavy atom. The van der Waals surface area contributed by atoms with Crippen LogP contribution in [0, 0.1) is 0 Å². The molecule has 0 aliphatic rings. The van der Waals surface area contributed by atoms with Crippen LogP contribution in [-0.2, 0) is 16.3 Å². The van der Waals surface area contributed by atoms with Gasteiger partial charge in [-0.25, -0.2) is 8.42 Å². The Hall–Kier alpha value is -1.54. The molecule has 1 aromatic carbocycles. The number of benzene rings is 1. The fraction of sp³-hybridized carbons (Fsp3) is 0.385. The summed E-state index contributed by atoms with van der Waals surface area (Å²) in [4.78, 5) is 0. The van der Waals surface area contributed by atoms with Gasteiger partial charge < -0.3 is 9.15 Å². The largest absolute Gasteiger partial charge is 0.497 e. The second kappa shape index (κ2) is 6.95. The van der Waals surface area contributed by atoms with Crippen molar-refractivity contribution in [3.63, 3.8) is 0 Å². The molecule has 114 valence electrons. The number of hydrogen-bond acceptors (Lipinski definition) is 7. The zero-order valence-corrected chi connectivity index (χ0v) is 13.4. The summed E-state index contributed by atoms with van der Waals surface area (Å²) in [6, 6.07) is 7.61. The summed E-state index contributed by atoms with van der Waals surface area (Å²) in [5.41, 5.74) is 1.01. The van der Waals surface area contributed by atoms with E-state index in [1.807, 2.05) is 24.3 Å². The molecule has 0 saturated heterocycles. The highest BCUT2D eigenvalue weighted by Crippen LogP contribution is 2.19. The van der Waals surface area contributed by atoms with Crippen molar-refractivity contribution in [3.8, 4) is 5.75 Å². The smallest absolute Gasteiger partial charge is 0.276 e. The first-order valence-corrected chi connectivity index (χ1v) is 9.27. The Labute approximate surface area is 127 Å². The van der Waals surface area contributed by atoms with Crippen molar-refractivity contribution in [3.05, 3.63) is 35.7 Å². The van der Waals surface area contributed by atoms with Crippen molar-refractivity contribution in [1.82, 2.24) is 10.2 Å². The lowest BCUT2D eigenvalue weighted by molar-refractivity contribution is 0.412. The maximum atomic E-state index is 11.0. The van der Waals surface area contributed by atoms with Gasteiger partial charge in [-0.15, -0.1) is 10.2 Å². The van der Waals surface area contributed by atoms with Gasteiger partial charge in [0.05, 0.1) is 19.3 Å². The number of hydrogen-bond donors (Lipinski definition) is 0. The van der Waals surface area contributed by atoms with E-state index < -0.39 is 9.84 Å². The Kier molecular flexibility index (Phi) is 5.24. The molecule has 21 heavy (non-hydrogen) atoms. The lowest BCUT2D eigenvalue weighted by Crippen LogP contribution is -2.04. The van der Waals surface area contributed by atoms with Crippen molar-refractivity contribution >= 4 is 21.6 Å². The third-order valence-corrected chi connectivity index (χ3v) is 4.64. The van der Waals surface area contributed by atoms with E-state index in [1.165, 1.54) is 18.0 Å². The van der Waals surface area contributed by atoms with Gasteiger partial charge in [0.1, 0.15) is 15.6 Å². The second-order valence-electron chi connectivity index (χ2n) is 4.47. The zero-order chi connectivity index (χ0) is 15.3. The molecule has 0 unspecified atom stereocenters. The number of methoxy groups -OCH3 is 1. The van der Waals surface area contributed by atoms with E-state index in [0.29, 0.717) is 23.3 Å². The number of ether oxygens (including phenoxy) is 1. The Balaban J connectivity index is 1.93. The molecular weight excluding hydrogens is 312 g/mol. The third kappa shape index (κ3) is 5.39. The van der Waals surface area contributed by atoms with Crippen molar-refractivity contribution in [2.24, 2.45) is 0 Å². The highest BCUT2D eigenvalue weighted by molar-refractivity contribution is 8.00. The van der Waals surface area contributed by atoms with E-state index in [-0.39, 0.29) is 5.75 Å². The van der Waals surface area contributed by atoms with Crippen molar-refractivity contribution in [1.29, 1.82) is 0 Å². The number of aromatic nitrogens is 2. The molecule has 0 radical (unpaired) electrons. The van der Waals surface area contributed by atoms with Gasteiger partial charge in [0.25, 0.3) is 5.22 Å². The van der Waals surface area contributed by atoms with E-state index in [1.54, 1.807) is 7.11 Å².